The van der Waals surface area contributed by atoms with Crippen molar-refractivity contribution < 1.29 is 86.0 Å². The second-order valence-electron chi connectivity index (χ2n) is 34.4. The highest BCUT2D eigenvalue weighted by atomic mass is 19.4. The largest absolute Gasteiger partial charge is 0.496 e. The van der Waals surface area contributed by atoms with Crippen molar-refractivity contribution in [2.45, 2.75) is 156 Å². The highest BCUT2D eigenvalue weighted by molar-refractivity contribution is 5.91. The first kappa shape index (κ1) is 88.9. The number of benzene rings is 8. The Balaban J connectivity index is 0.000000142. The zero-order chi connectivity index (χ0) is 91.1. The lowest BCUT2D eigenvalue weighted by atomic mass is 9.93. The predicted molar refractivity (Wildman–Crippen MR) is 484 cm³/mol. The van der Waals surface area contributed by atoms with Gasteiger partial charge < -0.3 is 63.5 Å². The minimum absolute atomic E-state index is 0.0478. The average Bonchev–Trinajstić information content (AvgIpc) is 1.67. The number of pyridine rings is 3. The number of methoxy groups -OCH3 is 3. The third-order valence-electron chi connectivity index (χ3n) is 25.8. The molecule has 8 aromatic carbocycles. The van der Waals surface area contributed by atoms with E-state index in [0.717, 1.165) is 195 Å². The molecule has 4 N–H and O–H groups in total. The number of alkyl halides is 3. The highest BCUT2D eigenvalue weighted by Gasteiger charge is 2.46. The van der Waals surface area contributed by atoms with Gasteiger partial charge in [0, 0.05) is 78.6 Å². The Morgan fingerprint density at radius 1 is 0.419 bits per heavy atom. The molecule has 8 atom stereocenters. The van der Waals surface area contributed by atoms with Crippen LogP contribution in [0, 0.1) is 40.5 Å². The van der Waals surface area contributed by atoms with E-state index in [1.54, 1.807) is 68.4 Å². The zero-order valence-electron chi connectivity index (χ0n) is 73.8. The van der Waals surface area contributed by atoms with Gasteiger partial charge in [-0.1, -0.05) is 102 Å². The van der Waals surface area contributed by atoms with Crippen molar-refractivity contribution in [1.29, 1.82) is 0 Å². The summed E-state index contributed by atoms with van der Waals surface area (Å²) in [7, 11) is 4.84. The van der Waals surface area contributed by atoms with E-state index in [9.17, 15) is 57.6 Å². The standard InChI is InChI=1S/C36H37N3O5.C35H32F3N3O5.C31H35N3O5/c1-21-15-22(2)17-27(16-21)34-24(4)39(36(42)44-34)20-31-29(10-12-33(37-31)38-13-6-14-38)30-19-25(8-11-32(30)43-5)28-9-7-26(35(40)41)18-23(28)3;1-20-16-24(33(42)43)8-10-26(20)22-9-12-30(45-3)28(18-22)27-11-13-31(40-14-5-15-40)39-29(27)19-41-21(2)32(46-34(41)44)23-6-4-7-25(17-23)35(36,37)38;1-18-6-4-7-21(14-18)29-19(2)34(31(37)39-29)17-26-22(9-11-28(32-26)33-12-5-13-33)24-15-20(8-10-27(24)38-3)23-16-25(23)30(35)36/h7-12,15-19,24,34H,6,13-14,20H2,1-5H3,(H,40,41);4,6-13,16-18,21,32H,5,14-15,19H2,1-3H3,(H,42,43);4,6-11,14-15,19,23,25,29-30,35-36H,5,12-13,16-17H2,1-3H3/t24-,34-;21-,32-;19-,23-,25+,29-/m000/s1. The number of hydrogen-bond donors (Lipinski definition) is 4. The van der Waals surface area contributed by atoms with Gasteiger partial charge in [-0.05, 0) is 252 Å². The number of carboxylic acid groups (broad SMARTS) is 2. The van der Waals surface area contributed by atoms with Crippen LogP contribution in [-0.4, -0.2) is 165 Å². The van der Waals surface area contributed by atoms with Crippen molar-refractivity contribution in [2.75, 3.05) is 75.3 Å². The molecule has 7 aliphatic rings. The van der Waals surface area contributed by atoms with Gasteiger partial charge in [0.05, 0.1) is 92.9 Å². The number of carbonyl (C=O) groups is 5. The molecule has 24 nitrogen and oxygen atoms in total. The molecule has 1 saturated carbocycles. The van der Waals surface area contributed by atoms with Gasteiger partial charge >= 0.3 is 36.4 Å². The molecule has 3 aromatic heterocycles. The van der Waals surface area contributed by atoms with Crippen LogP contribution in [0.1, 0.15) is 164 Å². The van der Waals surface area contributed by atoms with Crippen LogP contribution in [0.15, 0.2) is 194 Å². The number of aliphatic hydroxyl groups is 2. The van der Waals surface area contributed by atoms with Crippen LogP contribution < -0.4 is 28.9 Å². The number of hydrogen-bond acceptors (Lipinski definition) is 19. The van der Waals surface area contributed by atoms with Crippen molar-refractivity contribution in [3.63, 3.8) is 0 Å². The molecule has 9 heterocycles. The van der Waals surface area contributed by atoms with Crippen molar-refractivity contribution in [2.24, 2.45) is 5.92 Å². The average molecular weight is 1750 g/mol. The van der Waals surface area contributed by atoms with Crippen LogP contribution in [0.3, 0.4) is 0 Å². The van der Waals surface area contributed by atoms with Crippen molar-refractivity contribution in [3.05, 3.63) is 278 Å². The van der Waals surface area contributed by atoms with Gasteiger partial charge in [0.25, 0.3) is 0 Å². The third kappa shape index (κ3) is 18.7. The first-order chi connectivity index (χ1) is 61.9. The van der Waals surface area contributed by atoms with Gasteiger partial charge in [0.1, 0.15) is 53.0 Å². The molecule has 11 aromatic rings. The van der Waals surface area contributed by atoms with E-state index in [1.165, 1.54) is 17.0 Å². The highest BCUT2D eigenvalue weighted by Crippen LogP contribution is 2.52. The van der Waals surface area contributed by atoms with E-state index in [0.29, 0.717) is 40.6 Å². The van der Waals surface area contributed by atoms with Gasteiger partial charge in [-0.3, -0.25) is 14.7 Å². The van der Waals surface area contributed by atoms with Gasteiger partial charge in [-0.2, -0.15) is 13.2 Å². The van der Waals surface area contributed by atoms with Crippen molar-refractivity contribution in [3.8, 4) is 72.9 Å². The van der Waals surface area contributed by atoms with E-state index in [4.69, 9.17) is 43.4 Å². The van der Waals surface area contributed by atoms with E-state index in [-0.39, 0.29) is 78.1 Å². The summed E-state index contributed by atoms with van der Waals surface area (Å²) in [5, 5.41) is 38.2. The Bertz CT molecular complexity index is 6110. The molecule has 18 rings (SSSR count). The summed E-state index contributed by atoms with van der Waals surface area (Å²) in [5.41, 5.74) is 18.5. The van der Waals surface area contributed by atoms with Gasteiger partial charge in [-0.15, -0.1) is 0 Å². The molecule has 6 aliphatic heterocycles. The van der Waals surface area contributed by atoms with E-state index in [2.05, 4.69) is 77.1 Å². The molecule has 0 spiro atoms. The van der Waals surface area contributed by atoms with Gasteiger partial charge in [-0.25, -0.2) is 38.9 Å². The number of rotatable bonds is 24. The quantitative estimate of drug-likeness (QED) is 0.0323. The third-order valence-corrected chi connectivity index (χ3v) is 25.8. The number of halogens is 3. The number of aryl methyl sites for hydroxylation is 5. The predicted octanol–water partition coefficient (Wildman–Crippen LogP) is 19.9. The SMILES string of the molecule is COc1ccc(-c2ccc(C(=O)O)cc2C)cc1-c1ccc(N2CCC2)nc1CN1C(=O)O[C@H](c2cc(C)cc(C)c2)[C@@H]1C.COc1ccc(-c2ccc(C(=O)O)cc2C)cc1-c1ccc(N2CCC2)nc1CN1C(=O)O[C@H](c2cccc(C(F)(F)F)c2)[C@@H]1C.COc1ccc([C@@H]2C[C@H]2C(O)O)cc1-c1ccc(N2CCC2)nc1CN1C(=O)O[C@H](c2cccc(C)c2)[C@@H]1C. The van der Waals surface area contributed by atoms with Crippen LogP contribution in [0.4, 0.5) is 45.0 Å². The molecule has 0 radical (unpaired) electrons. The lowest BCUT2D eigenvalue weighted by Crippen LogP contribution is -2.38. The molecule has 3 amide bonds. The molecule has 129 heavy (non-hydrogen) atoms. The minimum atomic E-state index is -4.53. The molecule has 0 unspecified atom stereocenters. The fourth-order valence-corrected chi connectivity index (χ4v) is 18.1. The van der Waals surface area contributed by atoms with Gasteiger partial charge in [0.15, 0.2) is 6.29 Å². The van der Waals surface area contributed by atoms with Crippen molar-refractivity contribution >= 4 is 47.7 Å². The zero-order valence-corrected chi connectivity index (χ0v) is 73.8. The normalized spacial score (nSPS) is 19.7. The van der Waals surface area contributed by atoms with Crippen LogP contribution in [0.2, 0.25) is 0 Å². The Kier molecular flexibility index (Phi) is 25.5. The number of aromatic nitrogens is 3. The number of cyclic esters (lactones) is 3. The molecular formula is C102H104F3N9O15. The smallest absolute Gasteiger partial charge is 0.416 e. The summed E-state index contributed by atoms with van der Waals surface area (Å²) in [6.07, 6.45) is -4.79. The van der Waals surface area contributed by atoms with Gasteiger partial charge in [0.2, 0.25) is 0 Å². The lowest BCUT2D eigenvalue weighted by Gasteiger charge is -2.33. The Morgan fingerprint density at radius 3 is 1.15 bits per heavy atom. The summed E-state index contributed by atoms with van der Waals surface area (Å²) in [4.78, 5) is 89.5. The van der Waals surface area contributed by atoms with Crippen LogP contribution in [0.25, 0.3) is 55.6 Å². The lowest BCUT2D eigenvalue weighted by molar-refractivity contribution is -0.137. The summed E-state index contributed by atoms with van der Waals surface area (Å²) >= 11 is 0. The summed E-state index contributed by atoms with van der Waals surface area (Å²) < 4.78 is 75.1. The maximum Gasteiger partial charge on any atom is 0.416 e. The molecular weight excluding hydrogens is 1650 g/mol. The molecule has 6 saturated heterocycles. The fourth-order valence-electron chi connectivity index (χ4n) is 18.1. The molecule has 27 heteroatoms. The maximum absolute atomic E-state index is 13.4. The summed E-state index contributed by atoms with van der Waals surface area (Å²) in [5.74, 6) is 2.47. The number of carboxylic acids is 2. The summed E-state index contributed by atoms with van der Waals surface area (Å²) in [6.45, 7) is 21.9. The van der Waals surface area contributed by atoms with Crippen LogP contribution in [0.5, 0.6) is 17.2 Å². The summed E-state index contributed by atoms with van der Waals surface area (Å²) in [6, 6.07) is 58.0. The number of ether oxygens (including phenoxy) is 6. The van der Waals surface area contributed by atoms with Crippen LogP contribution >= 0.6 is 0 Å². The van der Waals surface area contributed by atoms with E-state index < -0.39 is 48.2 Å². The Morgan fingerprint density at radius 2 is 0.791 bits per heavy atom. The first-order valence-electron chi connectivity index (χ1n) is 43.5. The number of nitrogens with zero attached hydrogens (tertiary/aromatic N) is 9. The topological polar surface area (TPSA) is 280 Å². The number of anilines is 3. The number of amides is 3. The monoisotopic (exact) mass is 1750 g/mol. The minimum Gasteiger partial charge on any atom is -0.496 e. The van der Waals surface area contributed by atoms with E-state index in [1.807, 2.05) is 126 Å². The molecule has 7 fully saturated rings. The second-order valence-corrected chi connectivity index (χ2v) is 34.4. The first-order valence-corrected chi connectivity index (χ1v) is 43.5. The number of carbonyl (C=O) groups excluding carboxylic acids is 3. The molecule has 0 bridgehead atoms. The molecule has 668 valence electrons. The Labute approximate surface area is 747 Å². The van der Waals surface area contributed by atoms with Crippen LogP contribution in [-0.2, 0) is 40.0 Å². The Hall–Kier alpha value is -13.5. The van der Waals surface area contributed by atoms with Crippen molar-refractivity contribution in [1.82, 2.24) is 29.7 Å². The maximum atomic E-state index is 13.4. The van der Waals surface area contributed by atoms with E-state index >= 15 is 0 Å². The number of aliphatic hydroxyl groups excluding tert-OH is 1. The fraction of sp³-hybridized carbons (Fsp3) is 0.333. The number of aromatic carboxylic acids is 2. The molecule has 1 aliphatic carbocycles. The second kappa shape index (κ2) is 37.0.